The van der Waals surface area contributed by atoms with Gasteiger partial charge in [-0.1, -0.05) is 16.9 Å². The maximum atomic E-state index is 11.7. The normalized spacial score (nSPS) is 10.8. The number of ether oxygens (including phenoxy) is 10. The fraction of sp³-hybridized carbons (Fsp3) is 0.885. The van der Waals surface area contributed by atoms with Crippen LogP contribution in [0.25, 0.3) is 10.4 Å². The van der Waals surface area contributed by atoms with Crippen LogP contribution in [0.4, 0.5) is 0 Å². The molecule has 17 nitrogen and oxygen atoms in total. The number of azide groups is 1. The van der Waals surface area contributed by atoms with Crippen LogP contribution in [0.5, 0.6) is 0 Å². The minimum atomic E-state index is -0.385. The Labute approximate surface area is 262 Å². The van der Waals surface area contributed by atoms with E-state index in [0.717, 1.165) is 11.8 Å². The fourth-order valence-electron chi connectivity index (χ4n) is 2.72. The number of thioether (sulfide) groups is 1. The Kier molecular flexibility index (Phi) is 33.7. The van der Waals surface area contributed by atoms with Gasteiger partial charge in [0.2, 0.25) is 11.0 Å². The quantitative estimate of drug-likeness (QED) is 0.0327. The van der Waals surface area contributed by atoms with Crippen molar-refractivity contribution in [2.75, 3.05) is 145 Å². The number of esters is 1. The first-order chi connectivity index (χ1) is 21.6. The van der Waals surface area contributed by atoms with Crippen molar-refractivity contribution in [2.24, 2.45) is 5.11 Å². The molecule has 44 heavy (non-hydrogen) atoms. The van der Waals surface area contributed by atoms with Crippen LogP contribution in [-0.2, 0) is 61.8 Å². The number of methoxy groups -OCH3 is 1. The van der Waals surface area contributed by atoms with Crippen molar-refractivity contribution in [3.8, 4) is 0 Å². The van der Waals surface area contributed by atoms with Crippen LogP contribution in [0.15, 0.2) is 5.11 Å². The highest BCUT2D eigenvalue weighted by Crippen LogP contribution is 2.05. The predicted molar refractivity (Wildman–Crippen MR) is 158 cm³/mol. The summed E-state index contributed by atoms with van der Waals surface area (Å²) in [6, 6.07) is 0. The third-order valence-electron chi connectivity index (χ3n) is 4.82. The van der Waals surface area contributed by atoms with Gasteiger partial charge in [0.1, 0.15) is 13.2 Å². The zero-order chi connectivity index (χ0) is 32.2. The lowest BCUT2D eigenvalue weighted by Gasteiger charge is -2.09. The average Bonchev–Trinajstić information content (AvgIpc) is 3.02. The molecule has 0 radical (unpaired) electrons. The van der Waals surface area contributed by atoms with E-state index in [2.05, 4.69) is 20.1 Å². The number of rotatable bonds is 34. The van der Waals surface area contributed by atoms with E-state index in [0.29, 0.717) is 125 Å². The molecule has 1 N–H and O–H groups in total. The summed E-state index contributed by atoms with van der Waals surface area (Å²) in [7, 11) is 1.28. The lowest BCUT2D eigenvalue weighted by atomic mass is 10.5. The summed E-state index contributed by atoms with van der Waals surface area (Å²) >= 11 is 0.958. The first-order valence-electron chi connectivity index (χ1n) is 14.3. The molecule has 0 aromatic carbocycles. The van der Waals surface area contributed by atoms with Crippen LogP contribution in [0.3, 0.4) is 0 Å². The van der Waals surface area contributed by atoms with Crippen LogP contribution >= 0.6 is 11.8 Å². The summed E-state index contributed by atoms with van der Waals surface area (Å²) in [6.45, 7) is 7.14. The molecule has 0 atom stereocenters. The number of nitrogens with zero attached hydrogens (tertiary/aromatic N) is 3. The standard InChI is InChI=1S/C26H48N4O13S/c1-34-25(32)2-21-44-26(33)23-43-22-24(31)28-3-5-35-7-9-37-11-13-39-15-17-41-19-20-42-18-16-40-14-12-38-10-8-36-6-4-29-30-27/h2-23H2,1H3,(H,28,31). The van der Waals surface area contributed by atoms with Crippen molar-refractivity contribution in [3.05, 3.63) is 10.4 Å². The molecule has 0 bridgehead atoms. The van der Waals surface area contributed by atoms with Crippen molar-refractivity contribution in [3.63, 3.8) is 0 Å². The van der Waals surface area contributed by atoms with E-state index >= 15 is 0 Å². The number of carbonyl (C=O) groups excluding carboxylic acids is 3. The first-order valence-corrected chi connectivity index (χ1v) is 15.3. The minimum absolute atomic E-state index is 0.139. The van der Waals surface area contributed by atoms with E-state index in [-0.39, 0.29) is 36.6 Å². The van der Waals surface area contributed by atoms with Crippen molar-refractivity contribution < 1.29 is 61.8 Å². The maximum Gasteiger partial charge on any atom is 0.306 e. The molecule has 0 fully saturated rings. The molecule has 0 aliphatic heterocycles. The van der Waals surface area contributed by atoms with Crippen molar-refractivity contribution in [2.45, 2.75) is 6.42 Å². The van der Waals surface area contributed by atoms with E-state index in [1.54, 1.807) is 0 Å². The molecule has 0 rings (SSSR count). The summed E-state index contributed by atoms with van der Waals surface area (Å²) < 4.78 is 52.5. The molecule has 0 aliphatic carbocycles. The number of carbonyl (C=O) groups is 3. The average molecular weight is 657 g/mol. The molecule has 0 aromatic rings. The highest BCUT2D eigenvalue weighted by molar-refractivity contribution is 8.13. The number of amides is 1. The Hall–Kier alpha value is -2.09. The molecule has 0 spiro atoms. The van der Waals surface area contributed by atoms with Gasteiger partial charge in [0.25, 0.3) is 0 Å². The Morgan fingerprint density at radius 1 is 0.636 bits per heavy atom. The lowest BCUT2D eigenvalue weighted by Crippen LogP contribution is -2.31. The Morgan fingerprint density at radius 2 is 1.07 bits per heavy atom. The van der Waals surface area contributed by atoms with Crippen LogP contribution in [0.1, 0.15) is 6.42 Å². The van der Waals surface area contributed by atoms with Gasteiger partial charge in [-0.25, -0.2) is 0 Å². The smallest absolute Gasteiger partial charge is 0.306 e. The summed E-state index contributed by atoms with van der Waals surface area (Å²) in [6.07, 6.45) is 0.139. The van der Waals surface area contributed by atoms with Gasteiger partial charge in [-0.05, 0) is 5.53 Å². The number of nitrogens with one attached hydrogen (secondary N) is 1. The third-order valence-corrected chi connectivity index (χ3v) is 5.67. The maximum absolute atomic E-state index is 11.7. The molecular formula is C26H48N4O13S. The first kappa shape index (κ1) is 41.9. The molecule has 0 unspecified atom stereocenters. The zero-order valence-corrected chi connectivity index (χ0v) is 26.4. The van der Waals surface area contributed by atoms with E-state index in [1.807, 2.05) is 0 Å². The summed E-state index contributed by atoms with van der Waals surface area (Å²) in [5.74, 6) is -0.430. The largest absolute Gasteiger partial charge is 0.469 e. The molecule has 0 aromatic heterocycles. The van der Waals surface area contributed by atoms with Gasteiger partial charge in [-0.2, -0.15) is 0 Å². The minimum Gasteiger partial charge on any atom is -0.469 e. The van der Waals surface area contributed by atoms with Crippen LogP contribution in [-0.4, -0.2) is 162 Å². The summed E-state index contributed by atoms with van der Waals surface area (Å²) in [5.41, 5.74) is 8.12. The molecule has 0 aliphatic rings. The Bertz CT molecular complexity index is 749. The van der Waals surface area contributed by atoms with Crippen molar-refractivity contribution in [1.29, 1.82) is 0 Å². The van der Waals surface area contributed by atoms with Gasteiger partial charge in [0.05, 0.1) is 119 Å². The second-order valence-electron chi connectivity index (χ2n) is 8.24. The van der Waals surface area contributed by atoms with E-state index < -0.39 is 0 Å². The van der Waals surface area contributed by atoms with Gasteiger partial charge >= 0.3 is 5.97 Å². The Balaban J connectivity index is 3.20. The monoisotopic (exact) mass is 656 g/mol. The van der Waals surface area contributed by atoms with E-state index in [1.165, 1.54) is 7.11 Å². The van der Waals surface area contributed by atoms with E-state index in [4.69, 9.17) is 48.2 Å². The summed E-state index contributed by atoms with van der Waals surface area (Å²) in [4.78, 5) is 36.9. The third kappa shape index (κ3) is 34.4. The molecule has 256 valence electrons. The Morgan fingerprint density at radius 3 is 1.50 bits per heavy atom. The number of hydrogen-bond donors (Lipinski definition) is 1. The van der Waals surface area contributed by atoms with Gasteiger partial charge in [-0.15, -0.1) is 0 Å². The SMILES string of the molecule is COC(=O)CCSC(=O)COCC(=O)NCCOCCOCCOCCOCCOCCOCCOCCOCCN=[N+]=[N-]. The molecule has 0 saturated carbocycles. The van der Waals surface area contributed by atoms with Gasteiger partial charge in [-0.3, -0.25) is 14.4 Å². The van der Waals surface area contributed by atoms with Crippen LogP contribution < -0.4 is 5.32 Å². The highest BCUT2D eigenvalue weighted by Gasteiger charge is 2.08. The number of hydrogen-bond acceptors (Lipinski definition) is 15. The van der Waals surface area contributed by atoms with Crippen molar-refractivity contribution in [1.82, 2.24) is 5.32 Å². The molecule has 1 amide bonds. The molecule has 18 heteroatoms. The van der Waals surface area contributed by atoms with Gasteiger partial charge < -0.3 is 52.7 Å². The second-order valence-corrected chi connectivity index (χ2v) is 9.40. The molecule has 0 heterocycles. The van der Waals surface area contributed by atoms with Crippen LogP contribution in [0, 0.1) is 0 Å². The fourth-order valence-corrected chi connectivity index (χ4v) is 3.39. The second kappa shape index (κ2) is 35.4. The molecular weight excluding hydrogens is 608 g/mol. The predicted octanol–water partition coefficient (Wildman–Crippen LogP) is 0.385. The lowest BCUT2D eigenvalue weighted by molar-refractivity contribution is -0.140. The summed E-state index contributed by atoms with van der Waals surface area (Å²) in [5, 5.41) is 5.72. The van der Waals surface area contributed by atoms with E-state index in [9.17, 15) is 14.4 Å². The van der Waals surface area contributed by atoms with Gasteiger partial charge in [0, 0.05) is 23.8 Å². The van der Waals surface area contributed by atoms with Crippen LogP contribution in [0.2, 0.25) is 0 Å². The highest BCUT2D eigenvalue weighted by atomic mass is 32.2. The van der Waals surface area contributed by atoms with Gasteiger partial charge in [0.15, 0.2) is 0 Å². The topological polar surface area (TPSA) is 204 Å². The zero-order valence-electron chi connectivity index (χ0n) is 25.6. The molecule has 0 saturated heterocycles. The van der Waals surface area contributed by atoms with Crippen molar-refractivity contribution >= 4 is 28.8 Å².